The fourth-order valence-electron chi connectivity index (χ4n) is 4.17. The maximum atomic E-state index is 13.0. The summed E-state index contributed by atoms with van der Waals surface area (Å²) < 4.78 is 24.9. The second kappa shape index (κ2) is 6.77. The molecule has 2 aliphatic rings. The van der Waals surface area contributed by atoms with Crippen LogP contribution in [0.4, 0.5) is 5.69 Å². The minimum Gasteiger partial charge on any atom is -0.306 e. The molecule has 2 atom stereocenters. The number of amides is 1. The molecule has 2 aromatic rings. The Bertz CT molecular complexity index is 969. The van der Waals surface area contributed by atoms with Gasteiger partial charge in [0.05, 0.1) is 24.1 Å². The zero-order valence-corrected chi connectivity index (χ0v) is 16.4. The first-order valence-electron chi connectivity index (χ1n) is 9.21. The van der Waals surface area contributed by atoms with Crippen molar-refractivity contribution in [3.63, 3.8) is 0 Å². The molecule has 142 valence electrons. The first-order valence-corrected chi connectivity index (χ1v) is 11.0. The number of fused-ring (bicyclic) bond motifs is 1. The summed E-state index contributed by atoms with van der Waals surface area (Å²) in [4.78, 5) is 16.8. The number of piperazine rings is 1. The molecule has 2 aliphatic heterocycles. The minimum atomic E-state index is -3.17. The molecule has 0 unspecified atom stereocenters. The normalized spacial score (nSPS) is 24.8. The van der Waals surface area contributed by atoms with Gasteiger partial charge in [0.2, 0.25) is 5.91 Å². The van der Waals surface area contributed by atoms with Gasteiger partial charge in [-0.3, -0.25) is 9.69 Å². The van der Waals surface area contributed by atoms with Crippen molar-refractivity contribution >= 4 is 21.4 Å². The predicted molar refractivity (Wildman–Crippen MR) is 106 cm³/mol. The molecule has 0 saturated carbocycles. The van der Waals surface area contributed by atoms with Gasteiger partial charge in [0.1, 0.15) is 0 Å². The van der Waals surface area contributed by atoms with E-state index in [0.29, 0.717) is 6.54 Å². The molecule has 0 spiro atoms. The maximum absolute atomic E-state index is 13.0. The smallest absolute Gasteiger partial charge is 0.241 e. The molecule has 6 heteroatoms. The van der Waals surface area contributed by atoms with Crippen molar-refractivity contribution in [2.24, 2.45) is 0 Å². The van der Waals surface area contributed by atoms with Crippen molar-refractivity contribution in [3.8, 4) is 0 Å². The van der Waals surface area contributed by atoms with E-state index >= 15 is 0 Å². The summed E-state index contributed by atoms with van der Waals surface area (Å²) in [6, 6.07) is 15.4. The number of hydrogen-bond acceptors (Lipinski definition) is 4. The number of anilines is 1. The van der Waals surface area contributed by atoms with Crippen LogP contribution < -0.4 is 4.90 Å². The van der Waals surface area contributed by atoms with Crippen LogP contribution in [0.2, 0.25) is 0 Å². The van der Waals surface area contributed by atoms with E-state index in [1.54, 1.807) is 4.90 Å². The highest BCUT2D eigenvalue weighted by molar-refractivity contribution is 7.91. The first kappa shape index (κ1) is 18.2. The molecule has 0 bridgehead atoms. The number of sulfone groups is 1. The first-order chi connectivity index (χ1) is 12.8. The number of carbonyl (C=O) groups is 1. The quantitative estimate of drug-likeness (QED) is 0.815. The standard InChI is InChI=1S/C21H24N2O3S/c1-15-6-8-17(9-7-15)11-22-12-21(24)23(18-5-3-4-16(2)10-18)20-14-27(25,26)13-19(20)22/h3-10,19-20H,11-14H2,1-2H3/t19-,20+/m0/s1. The van der Waals surface area contributed by atoms with E-state index in [9.17, 15) is 13.2 Å². The van der Waals surface area contributed by atoms with Gasteiger partial charge in [-0.05, 0) is 37.1 Å². The highest BCUT2D eigenvalue weighted by Crippen LogP contribution is 2.32. The topological polar surface area (TPSA) is 57.7 Å². The third-order valence-electron chi connectivity index (χ3n) is 5.49. The minimum absolute atomic E-state index is 0.0295. The van der Waals surface area contributed by atoms with Crippen LogP contribution in [-0.4, -0.2) is 49.4 Å². The summed E-state index contributed by atoms with van der Waals surface area (Å²) in [5.74, 6) is 0.104. The van der Waals surface area contributed by atoms with Crippen LogP contribution in [0.25, 0.3) is 0 Å². The Hall–Kier alpha value is -2.18. The Balaban J connectivity index is 1.66. The molecule has 2 fully saturated rings. The zero-order valence-electron chi connectivity index (χ0n) is 15.6. The Morgan fingerprint density at radius 2 is 1.67 bits per heavy atom. The summed E-state index contributed by atoms with van der Waals surface area (Å²) in [5, 5.41) is 0. The lowest BCUT2D eigenvalue weighted by Gasteiger charge is -2.43. The number of benzene rings is 2. The van der Waals surface area contributed by atoms with Crippen LogP contribution >= 0.6 is 0 Å². The zero-order chi connectivity index (χ0) is 19.2. The van der Waals surface area contributed by atoms with Gasteiger partial charge in [0, 0.05) is 18.3 Å². The van der Waals surface area contributed by atoms with Crippen molar-refractivity contribution in [2.75, 3.05) is 23.0 Å². The van der Waals surface area contributed by atoms with Crippen molar-refractivity contribution in [2.45, 2.75) is 32.5 Å². The van der Waals surface area contributed by atoms with Crippen molar-refractivity contribution in [1.82, 2.24) is 4.90 Å². The molecule has 0 radical (unpaired) electrons. The van der Waals surface area contributed by atoms with E-state index < -0.39 is 9.84 Å². The van der Waals surface area contributed by atoms with Crippen molar-refractivity contribution in [3.05, 3.63) is 65.2 Å². The third-order valence-corrected chi connectivity index (χ3v) is 7.19. The molecule has 2 aromatic carbocycles. The van der Waals surface area contributed by atoms with Crippen LogP contribution in [0.3, 0.4) is 0 Å². The molecule has 2 heterocycles. The fraction of sp³-hybridized carbons (Fsp3) is 0.381. The van der Waals surface area contributed by atoms with E-state index in [2.05, 4.69) is 0 Å². The SMILES string of the molecule is Cc1ccc(CN2CC(=O)N(c3cccc(C)c3)[C@@H]3CS(=O)(=O)C[C@@H]32)cc1. The van der Waals surface area contributed by atoms with Gasteiger partial charge >= 0.3 is 0 Å². The molecule has 4 rings (SSSR count). The molecule has 1 amide bonds. The van der Waals surface area contributed by atoms with Gasteiger partial charge in [-0.1, -0.05) is 42.0 Å². The van der Waals surface area contributed by atoms with Crippen LogP contribution in [0.1, 0.15) is 16.7 Å². The van der Waals surface area contributed by atoms with Gasteiger partial charge in [-0.25, -0.2) is 8.42 Å². The third kappa shape index (κ3) is 3.64. The molecule has 0 aliphatic carbocycles. The number of nitrogens with zero attached hydrogens (tertiary/aromatic N) is 2. The fourth-order valence-corrected chi connectivity index (χ4v) is 6.15. The van der Waals surface area contributed by atoms with Gasteiger partial charge < -0.3 is 4.90 Å². The van der Waals surface area contributed by atoms with Crippen molar-refractivity contribution in [1.29, 1.82) is 0 Å². The average Bonchev–Trinajstić information content (AvgIpc) is 2.92. The van der Waals surface area contributed by atoms with Gasteiger partial charge in [-0.2, -0.15) is 0 Å². The Morgan fingerprint density at radius 1 is 0.963 bits per heavy atom. The summed E-state index contributed by atoms with van der Waals surface area (Å²) in [6.45, 7) is 4.83. The number of carbonyl (C=O) groups excluding carboxylic acids is 1. The Kier molecular flexibility index (Phi) is 4.56. The number of rotatable bonds is 3. The lowest BCUT2D eigenvalue weighted by molar-refractivity contribution is -0.123. The Labute approximate surface area is 160 Å². The van der Waals surface area contributed by atoms with E-state index in [-0.39, 0.29) is 36.0 Å². The van der Waals surface area contributed by atoms with Crippen molar-refractivity contribution < 1.29 is 13.2 Å². The van der Waals surface area contributed by atoms with Crippen LogP contribution in [0.15, 0.2) is 48.5 Å². The van der Waals surface area contributed by atoms with E-state index in [0.717, 1.165) is 16.8 Å². The highest BCUT2D eigenvalue weighted by Gasteiger charge is 2.49. The lowest BCUT2D eigenvalue weighted by Crippen LogP contribution is -2.61. The van der Waals surface area contributed by atoms with Gasteiger partial charge in [0.25, 0.3) is 0 Å². The lowest BCUT2D eigenvalue weighted by atomic mass is 10.0. The van der Waals surface area contributed by atoms with Crippen LogP contribution in [-0.2, 0) is 21.2 Å². The Morgan fingerprint density at radius 3 is 2.37 bits per heavy atom. The molecule has 0 N–H and O–H groups in total. The summed E-state index contributed by atoms with van der Waals surface area (Å²) in [6.07, 6.45) is 0. The molecule has 27 heavy (non-hydrogen) atoms. The highest BCUT2D eigenvalue weighted by atomic mass is 32.2. The van der Waals surface area contributed by atoms with E-state index in [1.807, 2.05) is 67.3 Å². The van der Waals surface area contributed by atoms with Gasteiger partial charge in [-0.15, -0.1) is 0 Å². The maximum Gasteiger partial charge on any atom is 0.241 e. The van der Waals surface area contributed by atoms with E-state index in [4.69, 9.17) is 0 Å². The second-order valence-corrected chi connectivity index (χ2v) is 9.86. The number of hydrogen-bond donors (Lipinski definition) is 0. The van der Waals surface area contributed by atoms with Crippen LogP contribution in [0.5, 0.6) is 0 Å². The monoisotopic (exact) mass is 384 g/mol. The average molecular weight is 385 g/mol. The molecule has 5 nitrogen and oxygen atoms in total. The predicted octanol–water partition coefficient (Wildman–Crippen LogP) is 2.32. The molecule has 0 aromatic heterocycles. The summed E-state index contributed by atoms with van der Waals surface area (Å²) >= 11 is 0. The molecule has 2 saturated heterocycles. The molecular formula is C21H24N2O3S. The second-order valence-electron chi connectivity index (χ2n) is 7.70. The van der Waals surface area contributed by atoms with E-state index in [1.165, 1.54) is 5.56 Å². The largest absolute Gasteiger partial charge is 0.306 e. The molecular weight excluding hydrogens is 360 g/mol. The van der Waals surface area contributed by atoms with Gasteiger partial charge in [0.15, 0.2) is 9.84 Å². The van der Waals surface area contributed by atoms with Crippen LogP contribution in [0, 0.1) is 13.8 Å². The summed E-state index contributed by atoms with van der Waals surface area (Å²) in [7, 11) is -3.17. The summed E-state index contributed by atoms with van der Waals surface area (Å²) in [5.41, 5.74) is 4.13. The number of aryl methyl sites for hydroxylation is 2.